The van der Waals surface area contributed by atoms with Gasteiger partial charge in [-0.15, -0.1) is 11.3 Å². The average Bonchev–Trinajstić information content (AvgIpc) is 3.60. The number of benzene rings is 1. The van der Waals surface area contributed by atoms with Crippen molar-refractivity contribution in [3.8, 4) is 0 Å². The van der Waals surface area contributed by atoms with E-state index < -0.39 is 41.2 Å². The van der Waals surface area contributed by atoms with E-state index in [4.69, 9.17) is 16.3 Å². The van der Waals surface area contributed by atoms with Gasteiger partial charge in [0.2, 0.25) is 5.91 Å². The van der Waals surface area contributed by atoms with Gasteiger partial charge in [0.1, 0.15) is 12.6 Å². The Hall–Kier alpha value is -2.67. The first-order valence-corrected chi connectivity index (χ1v) is 13.0. The summed E-state index contributed by atoms with van der Waals surface area (Å²) in [5.41, 5.74) is -1.41. The van der Waals surface area contributed by atoms with Crippen molar-refractivity contribution >= 4 is 52.0 Å². The first-order chi connectivity index (χ1) is 17.6. The molecule has 2 heterocycles. The number of nitrogens with one attached hydrogen (secondary N) is 2. The highest BCUT2D eigenvalue weighted by molar-refractivity contribution is 7.18. The van der Waals surface area contributed by atoms with Crippen molar-refractivity contribution in [2.45, 2.75) is 38.0 Å². The average molecular weight is 559 g/mol. The van der Waals surface area contributed by atoms with E-state index in [1.54, 1.807) is 12.1 Å². The van der Waals surface area contributed by atoms with Gasteiger partial charge in [-0.1, -0.05) is 18.5 Å². The van der Waals surface area contributed by atoms with Gasteiger partial charge in [0, 0.05) is 24.8 Å². The Kier molecular flexibility index (Phi) is 8.42. The second-order valence-electron chi connectivity index (χ2n) is 8.71. The van der Waals surface area contributed by atoms with Crippen molar-refractivity contribution in [3.63, 3.8) is 0 Å². The van der Waals surface area contributed by atoms with Gasteiger partial charge in [0.15, 0.2) is 0 Å². The Morgan fingerprint density at radius 1 is 1.27 bits per heavy atom. The van der Waals surface area contributed by atoms with Gasteiger partial charge in [0.25, 0.3) is 11.8 Å². The third-order valence-corrected chi connectivity index (χ3v) is 7.43. The number of alkyl halides is 3. The Labute approximate surface area is 220 Å². The molecule has 2 aliphatic rings. The second-order valence-corrected chi connectivity index (χ2v) is 10.4. The highest BCUT2D eigenvalue weighted by Gasteiger charge is 2.39. The summed E-state index contributed by atoms with van der Waals surface area (Å²) in [5, 5.41) is 5.14. The molecule has 0 unspecified atom stereocenters. The maximum atomic E-state index is 14.0. The topological polar surface area (TPSA) is 91.0 Å². The summed E-state index contributed by atoms with van der Waals surface area (Å²) in [6.45, 7) is 2.38. The third kappa shape index (κ3) is 6.61. The van der Waals surface area contributed by atoms with Crippen LogP contribution in [0.4, 0.5) is 24.5 Å². The quantitative estimate of drug-likeness (QED) is 0.485. The van der Waals surface area contributed by atoms with Gasteiger partial charge in [-0.3, -0.25) is 19.3 Å². The van der Waals surface area contributed by atoms with Crippen molar-refractivity contribution in [2.24, 2.45) is 0 Å². The van der Waals surface area contributed by atoms with Crippen LogP contribution in [0.25, 0.3) is 0 Å². The number of carbonyl (C=O) groups excluding carboxylic acids is 3. The van der Waals surface area contributed by atoms with Crippen LogP contribution in [0.1, 0.15) is 35.0 Å². The second kappa shape index (κ2) is 11.4. The van der Waals surface area contributed by atoms with Crippen molar-refractivity contribution in [2.75, 3.05) is 43.1 Å². The number of carbonyl (C=O) groups is 3. The molecule has 2 aromatic rings. The molecule has 200 valence electrons. The van der Waals surface area contributed by atoms with Gasteiger partial charge in [-0.2, -0.15) is 13.2 Å². The maximum absolute atomic E-state index is 14.0. The van der Waals surface area contributed by atoms with Gasteiger partial charge >= 0.3 is 6.18 Å². The highest BCUT2D eigenvalue weighted by atomic mass is 35.5. The van der Waals surface area contributed by atoms with E-state index in [1.807, 2.05) is 11.8 Å². The lowest BCUT2D eigenvalue weighted by atomic mass is 10.1. The summed E-state index contributed by atoms with van der Waals surface area (Å²) >= 11 is 6.98. The Morgan fingerprint density at radius 3 is 2.62 bits per heavy atom. The molecular formula is C24H26ClF3N4O4S. The van der Waals surface area contributed by atoms with Crippen LogP contribution in [-0.4, -0.2) is 67.6 Å². The molecule has 37 heavy (non-hydrogen) atoms. The molecule has 8 nitrogen and oxygen atoms in total. The Morgan fingerprint density at radius 2 is 2.03 bits per heavy atom. The monoisotopic (exact) mass is 558 g/mol. The number of hydrogen-bond acceptors (Lipinski definition) is 6. The van der Waals surface area contributed by atoms with Crippen LogP contribution in [0.5, 0.6) is 0 Å². The van der Waals surface area contributed by atoms with E-state index in [0.717, 1.165) is 36.3 Å². The molecule has 4 rings (SSSR count). The van der Waals surface area contributed by atoms with E-state index in [2.05, 4.69) is 10.6 Å². The molecule has 2 fully saturated rings. The van der Waals surface area contributed by atoms with Crippen LogP contribution in [0, 0.1) is 0 Å². The van der Waals surface area contributed by atoms with Crippen molar-refractivity contribution in [1.82, 2.24) is 10.2 Å². The van der Waals surface area contributed by atoms with Crippen LogP contribution in [0.15, 0.2) is 30.3 Å². The fourth-order valence-electron chi connectivity index (χ4n) is 4.26. The largest absolute Gasteiger partial charge is 0.418 e. The third-order valence-electron chi connectivity index (χ3n) is 6.20. The lowest BCUT2D eigenvalue weighted by molar-refractivity contribution is -0.137. The van der Waals surface area contributed by atoms with E-state index in [1.165, 1.54) is 11.0 Å². The zero-order chi connectivity index (χ0) is 26.7. The first-order valence-electron chi connectivity index (χ1n) is 11.8. The van der Waals surface area contributed by atoms with Crippen LogP contribution in [-0.2, 0) is 20.5 Å². The molecule has 0 radical (unpaired) electrons. The predicted molar refractivity (Wildman–Crippen MR) is 134 cm³/mol. The zero-order valence-electron chi connectivity index (χ0n) is 19.9. The van der Waals surface area contributed by atoms with Gasteiger partial charge in [-0.25, -0.2) is 0 Å². The molecule has 3 amide bonds. The van der Waals surface area contributed by atoms with Gasteiger partial charge < -0.3 is 20.3 Å². The van der Waals surface area contributed by atoms with Crippen molar-refractivity contribution in [1.29, 1.82) is 0 Å². The number of halogens is 4. The normalized spacial score (nSPS) is 17.1. The molecule has 1 saturated heterocycles. The van der Waals surface area contributed by atoms with Crippen molar-refractivity contribution in [3.05, 3.63) is 45.1 Å². The molecule has 1 aromatic carbocycles. The predicted octanol–water partition coefficient (Wildman–Crippen LogP) is 4.00. The summed E-state index contributed by atoms with van der Waals surface area (Å²) in [5.74, 6) is -1.53. The number of rotatable bonds is 9. The lowest BCUT2D eigenvalue weighted by Crippen LogP contribution is -2.51. The number of likely N-dealkylation sites (N-methyl/N-ethyl adjacent to an activating group) is 1. The van der Waals surface area contributed by atoms with E-state index in [9.17, 15) is 27.6 Å². The SMILES string of the molecule is CCN(C1CC1)[C@H](CNC(=O)c1ccc(Cl)s1)C(=O)Nc1ccc(N2CCOCC2=O)cc1C(F)(F)F. The van der Waals surface area contributed by atoms with Crippen LogP contribution < -0.4 is 15.5 Å². The fraction of sp³-hybridized carbons (Fsp3) is 0.458. The molecular weight excluding hydrogens is 533 g/mol. The molecule has 13 heteroatoms. The number of morpholine rings is 1. The van der Waals surface area contributed by atoms with E-state index in [-0.39, 0.29) is 38.0 Å². The lowest BCUT2D eigenvalue weighted by Gasteiger charge is -2.31. The number of ether oxygens (including phenoxy) is 1. The van der Waals surface area contributed by atoms with Crippen LogP contribution >= 0.6 is 22.9 Å². The number of nitrogens with zero attached hydrogens (tertiary/aromatic N) is 2. The summed E-state index contributed by atoms with van der Waals surface area (Å²) in [6.07, 6.45) is -3.05. The molecule has 1 saturated carbocycles. The first kappa shape index (κ1) is 27.4. The zero-order valence-corrected chi connectivity index (χ0v) is 21.5. The fourth-order valence-corrected chi connectivity index (χ4v) is 5.22. The van der Waals surface area contributed by atoms with Gasteiger partial charge in [-0.05, 0) is 49.7 Å². The van der Waals surface area contributed by atoms with E-state index in [0.29, 0.717) is 15.8 Å². The maximum Gasteiger partial charge on any atom is 0.418 e. The minimum Gasteiger partial charge on any atom is -0.370 e. The minimum absolute atomic E-state index is 0.0743. The standard InChI is InChI=1S/C24H26ClF3N4O4S/c1-2-31(14-3-4-14)18(12-29-23(35)19-7-8-20(25)37-19)22(34)30-17-6-5-15(11-16(17)24(26,27)28)32-9-10-36-13-21(32)33/h5-8,11,14,18H,2-4,9-10,12-13H2,1H3,(H,29,35)(H,30,34)/t18-/m1/s1. The number of hydrogen-bond donors (Lipinski definition) is 2. The summed E-state index contributed by atoms with van der Waals surface area (Å²) < 4.78 is 47.5. The number of amides is 3. The molecule has 0 bridgehead atoms. The molecule has 1 aliphatic heterocycles. The van der Waals surface area contributed by atoms with Crippen molar-refractivity contribution < 1.29 is 32.3 Å². The Balaban J connectivity index is 1.56. The molecule has 2 N–H and O–H groups in total. The summed E-state index contributed by atoms with van der Waals surface area (Å²) in [6, 6.07) is 5.74. The molecule has 0 spiro atoms. The van der Waals surface area contributed by atoms with Crippen LogP contribution in [0.3, 0.4) is 0 Å². The highest BCUT2D eigenvalue weighted by Crippen LogP contribution is 2.38. The van der Waals surface area contributed by atoms with E-state index >= 15 is 0 Å². The summed E-state index contributed by atoms with van der Waals surface area (Å²) in [7, 11) is 0. The molecule has 1 aromatic heterocycles. The molecule has 1 atom stereocenters. The van der Waals surface area contributed by atoms with Gasteiger partial charge in [0.05, 0.1) is 27.1 Å². The minimum atomic E-state index is -4.78. The molecule has 1 aliphatic carbocycles. The summed E-state index contributed by atoms with van der Waals surface area (Å²) in [4.78, 5) is 41.5. The Bertz CT molecular complexity index is 1170. The number of anilines is 2. The number of thiophene rings is 1. The van der Waals surface area contributed by atoms with Crippen LogP contribution in [0.2, 0.25) is 4.34 Å². The smallest absolute Gasteiger partial charge is 0.370 e.